The average Bonchev–Trinajstić information content (AvgIpc) is 2.94. The molecule has 0 spiro atoms. The van der Waals surface area contributed by atoms with Crippen molar-refractivity contribution in [2.24, 2.45) is 5.41 Å². The molecule has 0 aromatic heterocycles. The first-order valence-electron chi connectivity index (χ1n) is 13.8. The minimum atomic E-state index is -4.89. The molecule has 1 rings (SSSR count). The Balaban J connectivity index is 2.23. The maximum absolute atomic E-state index is 12.2. The standard InChI is InChI=1S/C27H46O10S/c1-2-3-4-5-6-7-8-9-10-11-12-13-14-15-16-17-24(29)35-20-27(19-28)21-36-25(30)18-23(38(32,33)34)26(31)37-22-27/h7-8,23,28H,2-6,9-22H2,1H3,(H,32,33,34)/b8-7+. The van der Waals surface area contributed by atoms with Crippen molar-refractivity contribution < 1.29 is 46.7 Å². The summed E-state index contributed by atoms with van der Waals surface area (Å²) in [4.78, 5) is 36.1. The molecular formula is C27H46O10S. The number of rotatable bonds is 19. The summed E-state index contributed by atoms with van der Waals surface area (Å²) in [6, 6.07) is 0. The molecule has 0 aromatic rings. The predicted molar refractivity (Wildman–Crippen MR) is 142 cm³/mol. The van der Waals surface area contributed by atoms with Crippen molar-refractivity contribution in [3.05, 3.63) is 12.2 Å². The molecule has 11 heteroatoms. The number of hydrogen-bond acceptors (Lipinski definition) is 9. The maximum atomic E-state index is 12.2. The normalized spacial score (nSPS) is 20.9. The first-order valence-corrected chi connectivity index (χ1v) is 15.3. The van der Waals surface area contributed by atoms with Gasteiger partial charge in [-0.3, -0.25) is 18.9 Å². The Morgan fingerprint density at radius 1 is 0.947 bits per heavy atom. The van der Waals surface area contributed by atoms with Crippen LogP contribution in [-0.4, -0.2) is 67.7 Å². The number of carbonyl (C=O) groups is 3. The van der Waals surface area contributed by atoms with Crippen LogP contribution in [0.25, 0.3) is 0 Å². The summed E-state index contributed by atoms with van der Waals surface area (Å²) in [7, 11) is -4.89. The van der Waals surface area contributed by atoms with Crippen LogP contribution in [0.15, 0.2) is 12.2 Å². The van der Waals surface area contributed by atoms with Crippen molar-refractivity contribution in [1.29, 1.82) is 0 Å². The van der Waals surface area contributed by atoms with Crippen molar-refractivity contribution >= 4 is 28.0 Å². The van der Waals surface area contributed by atoms with Gasteiger partial charge in [0, 0.05) is 6.42 Å². The molecule has 10 nitrogen and oxygen atoms in total. The lowest BCUT2D eigenvalue weighted by molar-refractivity contribution is -0.161. The van der Waals surface area contributed by atoms with Crippen molar-refractivity contribution in [3.8, 4) is 0 Å². The van der Waals surface area contributed by atoms with E-state index in [1.807, 2.05) is 0 Å². The van der Waals surface area contributed by atoms with Crippen molar-refractivity contribution in [1.82, 2.24) is 0 Å². The summed E-state index contributed by atoms with van der Waals surface area (Å²) >= 11 is 0. The van der Waals surface area contributed by atoms with Gasteiger partial charge in [-0.2, -0.15) is 8.42 Å². The molecule has 2 N–H and O–H groups in total. The molecule has 38 heavy (non-hydrogen) atoms. The van der Waals surface area contributed by atoms with Crippen LogP contribution in [-0.2, 0) is 38.7 Å². The van der Waals surface area contributed by atoms with Gasteiger partial charge in [0.05, 0.1) is 18.4 Å². The number of aliphatic hydroxyl groups is 1. The Labute approximate surface area is 227 Å². The van der Waals surface area contributed by atoms with Gasteiger partial charge in [-0.25, -0.2) is 0 Å². The Morgan fingerprint density at radius 3 is 2.08 bits per heavy atom. The third-order valence-corrected chi connectivity index (χ3v) is 7.63. The van der Waals surface area contributed by atoms with Crippen LogP contribution < -0.4 is 0 Å². The molecule has 1 fully saturated rings. The van der Waals surface area contributed by atoms with E-state index in [1.165, 1.54) is 51.4 Å². The van der Waals surface area contributed by atoms with Crippen molar-refractivity contribution in [2.75, 3.05) is 26.4 Å². The summed E-state index contributed by atoms with van der Waals surface area (Å²) in [5, 5.41) is 7.72. The molecule has 0 aliphatic carbocycles. The highest BCUT2D eigenvalue weighted by Crippen LogP contribution is 2.23. The summed E-state index contributed by atoms with van der Waals surface area (Å²) < 4.78 is 47.0. The zero-order valence-corrected chi connectivity index (χ0v) is 23.6. The maximum Gasteiger partial charge on any atom is 0.327 e. The zero-order chi connectivity index (χ0) is 28.3. The van der Waals surface area contributed by atoms with Crippen LogP contribution >= 0.6 is 0 Å². The van der Waals surface area contributed by atoms with E-state index in [-0.39, 0.29) is 13.0 Å². The van der Waals surface area contributed by atoms with E-state index in [1.54, 1.807) is 0 Å². The number of hydrogen-bond donors (Lipinski definition) is 2. The van der Waals surface area contributed by atoms with E-state index >= 15 is 0 Å². The van der Waals surface area contributed by atoms with Crippen LogP contribution in [0.1, 0.15) is 103 Å². The molecule has 0 aromatic carbocycles. The number of ether oxygens (including phenoxy) is 3. The molecule has 1 saturated heterocycles. The van der Waals surface area contributed by atoms with Gasteiger partial charge < -0.3 is 19.3 Å². The van der Waals surface area contributed by atoms with Gasteiger partial charge in [-0.05, 0) is 32.1 Å². The van der Waals surface area contributed by atoms with Gasteiger partial charge in [0.25, 0.3) is 10.1 Å². The van der Waals surface area contributed by atoms with E-state index in [0.29, 0.717) is 6.42 Å². The number of cyclic esters (lactones) is 2. The van der Waals surface area contributed by atoms with Crippen molar-refractivity contribution in [3.63, 3.8) is 0 Å². The highest BCUT2D eigenvalue weighted by molar-refractivity contribution is 7.87. The minimum Gasteiger partial charge on any atom is -0.465 e. The molecule has 0 amide bonds. The van der Waals surface area contributed by atoms with E-state index in [0.717, 1.165) is 25.7 Å². The SMILES string of the molecule is CCCCCC/C=C/CCCCCCCCCC(=O)OCC1(CO)COC(=O)CC(S(=O)(=O)O)C(=O)OC1. The Kier molecular flexibility index (Phi) is 17.1. The third kappa shape index (κ3) is 14.8. The summed E-state index contributed by atoms with van der Waals surface area (Å²) in [6.07, 6.45) is 18.6. The van der Waals surface area contributed by atoms with E-state index < -0.39 is 64.9 Å². The second-order valence-electron chi connectivity index (χ2n) is 10.1. The van der Waals surface area contributed by atoms with Crippen LogP contribution in [0.5, 0.6) is 0 Å². The highest BCUT2D eigenvalue weighted by Gasteiger charge is 2.42. The van der Waals surface area contributed by atoms with Gasteiger partial charge in [0.2, 0.25) is 0 Å². The molecule has 2 atom stereocenters. The smallest absolute Gasteiger partial charge is 0.327 e. The Bertz CT molecular complexity index is 839. The van der Waals surface area contributed by atoms with Crippen LogP contribution in [0.3, 0.4) is 0 Å². The van der Waals surface area contributed by atoms with Crippen LogP contribution in [0, 0.1) is 5.41 Å². The van der Waals surface area contributed by atoms with Crippen LogP contribution in [0.4, 0.5) is 0 Å². The molecule has 2 unspecified atom stereocenters. The molecule has 0 saturated carbocycles. The highest BCUT2D eigenvalue weighted by atomic mass is 32.2. The Hall–Kier alpha value is -1.98. The second kappa shape index (κ2) is 19.1. The zero-order valence-electron chi connectivity index (χ0n) is 22.7. The number of allylic oxidation sites excluding steroid dienone is 2. The van der Waals surface area contributed by atoms with Gasteiger partial charge in [-0.15, -0.1) is 0 Å². The lowest BCUT2D eigenvalue weighted by atomic mass is 9.92. The molecule has 0 bridgehead atoms. The molecule has 1 aliphatic rings. The number of aliphatic hydroxyl groups excluding tert-OH is 1. The lowest BCUT2D eigenvalue weighted by Gasteiger charge is -2.29. The predicted octanol–water partition coefficient (Wildman–Crippen LogP) is 4.29. The number of esters is 3. The quantitative estimate of drug-likeness (QED) is 0.0766. The summed E-state index contributed by atoms with van der Waals surface area (Å²) in [5.41, 5.74) is -1.43. The molecule has 1 aliphatic heterocycles. The fourth-order valence-corrected chi connectivity index (χ4v) is 4.64. The first-order chi connectivity index (χ1) is 18.1. The molecule has 1 heterocycles. The van der Waals surface area contributed by atoms with Gasteiger partial charge >= 0.3 is 17.9 Å². The fourth-order valence-electron chi connectivity index (χ4n) is 3.98. The minimum absolute atomic E-state index is 0.189. The van der Waals surface area contributed by atoms with Crippen molar-refractivity contribution in [2.45, 2.75) is 108 Å². The van der Waals surface area contributed by atoms with E-state index in [9.17, 15) is 32.5 Å². The summed E-state index contributed by atoms with van der Waals surface area (Å²) in [5.74, 6) is -2.90. The van der Waals surface area contributed by atoms with Gasteiger partial charge in [0.1, 0.15) is 19.8 Å². The fraction of sp³-hybridized carbons (Fsp3) is 0.815. The lowest BCUT2D eigenvalue weighted by Crippen LogP contribution is -2.42. The number of carbonyl (C=O) groups excluding carboxylic acids is 3. The number of unbranched alkanes of at least 4 members (excludes halogenated alkanes) is 11. The van der Waals surface area contributed by atoms with E-state index in [4.69, 9.17) is 14.2 Å². The van der Waals surface area contributed by atoms with Crippen LogP contribution in [0.2, 0.25) is 0 Å². The topological polar surface area (TPSA) is 154 Å². The Morgan fingerprint density at radius 2 is 1.50 bits per heavy atom. The third-order valence-electron chi connectivity index (χ3n) is 6.55. The summed E-state index contributed by atoms with van der Waals surface area (Å²) in [6.45, 7) is 0.192. The monoisotopic (exact) mass is 562 g/mol. The average molecular weight is 563 g/mol. The molecule has 220 valence electrons. The van der Waals surface area contributed by atoms with Gasteiger partial charge in [0.15, 0.2) is 5.25 Å². The molecule has 0 radical (unpaired) electrons. The molecular weight excluding hydrogens is 516 g/mol. The van der Waals surface area contributed by atoms with Gasteiger partial charge in [-0.1, -0.05) is 70.4 Å². The largest absolute Gasteiger partial charge is 0.465 e. The first kappa shape index (κ1) is 34.0. The van der Waals surface area contributed by atoms with E-state index in [2.05, 4.69) is 19.1 Å². The second-order valence-corrected chi connectivity index (χ2v) is 11.7.